The predicted molar refractivity (Wildman–Crippen MR) is 176 cm³/mol. The van der Waals surface area contributed by atoms with Crippen LogP contribution in [0.1, 0.15) is 22.3 Å². The van der Waals surface area contributed by atoms with E-state index in [1.54, 1.807) is 6.20 Å². The van der Waals surface area contributed by atoms with Crippen molar-refractivity contribution in [2.24, 2.45) is 4.40 Å². The second-order valence-corrected chi connectivity index (χ2v) is 14.8. The third-order valence-electron chi connectivity index (χ3n) is 5.81. The summed E-state index contributed by atoms with van der Waals surface area (Å²) in [5, 5.41) is 8.21. The first-order valence-corrected chi connectivity index (χ1v) is 17.9. The van der Waals surface area contributed by atoms with Crippen molar-refractivity contribution in [2.75, 3.05) is 14.2 Å². The molecule has 1 N–H and O–H groups in total. The van der Waals surface area contributed by atoms with E-state index in [4.69, 9.17) is 9.47 Å². The van der Waals surface area contributed by atoms with Crippen molar-refractivity contribution < 1.29 is 52.7 Å². The highest BCUT2D eigenvalue weighted by Crippen LogP contribution is 2.31. The third kappa shape index (κ3) is 11.2. The van der Waals surface area contributed by atoms with Gasteiger partial charge in [0, 0.05) is 44.3 Å². The zero-order valence-corrected chi connectivity index (χ0v) is 30.4. The summed E-state index contributed by atoms with van der Waals surface area (Å²) in [5.74, 6) is 0. The van der Waals surface area contributed by atoms with Crippen molar-refractivity contribution in [2.45, 2.75) is 42.1 Å². The fourth-order valence-electron chi connectivity index (χ4n) is 3.54. The van der Waals surface area contributed by atoms with E-state index in [1.807, 2.05) is 45.2 Å². The van der Waals surface area contributed by atoms with Crippen LogP contribution >= 0.6 is 45.2 Å². The minimum Gasteiger partial charge on any atom is -0.362 e. The zero-order valence-electron chi connectivity index (χ0n) is 24.5. The summed E-state index contributed by atoms with van der Waals surface area (Å²) in [6, 6.07) is 6.44. The summed E-state index contributed by atoms with van der Waals surface area (Å²) < 4.78 is 143. The molecule has 22 heteroatoms. The monoisotopic (exact) mass is 948 g/mol. The lowest BCUT2D eigenvalue weighted by Gasteiger charge is -2.09. The molecular weight excluding hydrogens is 924 g/mol. The Balaban J connectivity index is 0.000000260. The summed E-state index contributed by atoms with van der Waals surface area (Å²) in [5.41, 5.74) is -0.760. The van der Waals surface area contributed by atoms with E-state index in [-0.39, 0.29) is 29.8 Å². The van der Waals surface area contributed by atoms with Crippen LogP contribution in [0.5, 0.6) is 0 Å². The minimum atomic E-state index is -4.53. The lowest BCUT2D eigenvalue weighted by atomic mass is 10.2. The molecule has 12 nitrogen and oxygen atoms in total. The number of sulfonamides is 2. The highest BCUT2D eigenvalue weighted by molar-refractivity contribution is 14.1. The van der Waals surface area contributed by atoms with Crippen molar-refractivity contribution >= 4 is 71.4 Å². The predicted octanol–water partition coefficient (Wildman–Crippen LogP) is 5.51. The first kappa shape index (κ1) is 39.8. The Morgan fingerprint density at radius 2 is 1.23 bits per heavy atom. The number of hydrogen-bond acceptors (Lipinski definition) is 8. The molecule has 2 aromatic heterocycles. The third-order valence-corrected chi connectivity index (χ3v) is 10.2. The number of benzene rings is 2. The average Bonchev–Trinajstić information content (AvgIpc) is 3.55. The van der Waals surface area contributed by atoms with Gasteiger partial charge in [-0.1, -0.05) is 0 Å². The second-order valence-electron chi connectivity index (χ2n) is 9.31. The van der Waals surface area contributed by atoms with Gasteiger partial charge in [-0.15, -0.1) is 0 Å². The molecule has 0 amide bonds. The van der Waals surface area contributed by atoms with Crippen molar-refractivity contribution in [3.63, 3.8) is 0 Å². The number of nitrogens with one attached hydrogen (secondary N) is 1. The minimum absolute atomic E-state index is 0.0364. The zero-order chi connectivity index (χ0) is 35.9. The Morgan fingerprint density at radius 3 is 1.71 bits per heavy atom. The number of rotatable bonds is 11. The first-order chi connectivity index (χ1) is 22.3. The molecule has 2 heterocycles. The van der Waals surface area contributed by atoms with Gasteiger partial charge < -0.3 is 9.47 Å². The van der Waals surface area contributed by atoms with Gasteiger partial charge >= 0.3 is 12.4 Å². The molecule has 48 heavy (non-hydrogen) atoms. The summed E-state index contributed by atoms with van der Waals surface area (Å²) in [6.07, 6.45) is -4.79. The molecule has 0 bridgehead atoms. The van der Waals surface area contributed by atoms with Gasteiger partial charge in [0.05, 0.1) is 27.1 Å². The Hall–Kier alpha value is -2.65. The number of methoxy groups -OCH3 is 2. The standard InChI is InChI=1S/C13H13F3IN3O3S.C13H11F3IN3O3S/c2*1-23-8-20-7-9(12(17)19-20)6-18-24(21,22)11-4-2-10(3-5-11)13(14,15)16/h2-5,7,18H,6,8H2,1H3;2-7H,8H2,1H3. The number of hydrogen-bond donors (Lipinski definition) is 1. The van der Waals surface area contributed by atoms with Crippen molar-refractivity contribution in [1.29, 1.82) is 0 Å². The van der Waals surface area contributed by atoms with E-state index in [9.17, 15) is 43.2 Å². The quantitative estimate of drug-likeness (QED) is 0.118. The van der Waals surface area contributed by atoms with Crippen LogP contribution in [0.25, 0.3) is 0 Å². The molecule has 0 saturated carbocycles. The summed E-state index contributed by atoms with van der Waals surface area (Å²) in [4.78, 5) is -0.569. The molecule has 0 radical (unpaired) electrons. The summed E-state index contributed by atoms with van der Waals surface area (Å²) in [6.45, 7) is 0.377. The summed E-state index contributed by atoms with van der Waals surface area (Å²) in [7, 11) is -5.05. The van der Waals surface area contributed by atoms with E-state index in [0.29, 0.717) is 30.7 Å². The van der Waals surface area contributed by atoms with Gasteiger partial charge in [0.1, 0.15) is 20.9 Å². The molecule has 0 aliphatic rings. The molecule has 4 rings (SSSR count). The van der Waals surface area contributed by atoms with Crippen molar-refractivity contribution in [3.8, 4) is 0 Å². The molecule has 0 aliphatic heterocycles. The largest absolute Gasteiger partial charge is 0.416 e. The Labute approximate surface area is 297 Å². The first-order valence-electron chi connectivity index (χ1n) is 12.8. The van der Waals surface area contributed by atoms with Crippen LogP contribution in [0.15, 0.2) is 75.1 Å². The maximum absolute atomic E-state index is 12.5. The molecule has 262 valence electrons. The molecular formula is C26H24F6I2N6O6S2. The van der Waals surface area contributed by atoms with Crippen LogP contribution in [-0.4, -0.2) is 56.8 Å². The second kappa shape index (κ2) is 16.4. The van der Waals surface area contributed by atoms with Gasteiger partial charge in [-0.25, -0.2) is 22.5 Å². The van der Waals surface area contributed by atoms with Gasteiger partial charge in [0.15, 0.2) is 0 Å². The molecule has 0 unspecified atom stereocenters. The SMILES string of the molecule is COCn1cc(C=NS(=O)(=O)c2ccc(C(F)(F)F)cc2)c(I)n1.COCn1cc(CNS(=O)(=O)c2ccc(C(F)(F)F)cc2)c(I)n1. The van der Waals surface area contributed by atoms with E-state index in [0.717, 1.165) is 42.6 Å². The Kier molecular flexibility index (Phi) is 13.6. The number of alkyl halides is 6. The van der Waals surface area contributed by atoms with Gasteiger partial charge in [-0.3, -0.25) is 0 Å². The van der Waals surface area contributed by atoms with Gasteiger partial charge in [0.2, 0.25) is 10.0 Å². The van der Waals surface area contributed by atoms with Gasteiger partial charge in [-0.05, 0) is 93.7 Å². The van der Waals surface area contributed by atoms with E-state index >= 15 is 0 Å². The van der Waals surface area contributed by atoms with Crippen LogP contribution in [0, 0.1) is 7.40 Å². The maximum Gasteiger partial charge on any atom is 0.416 e. The fourth-order valence-corrected chi connectivity index (χ4v) is 6.56. The molecule has 0 saturated heterocycles. The van der Waals surface area contributed by atoms with Crippen LogP contribution in [0.3, 0.4) is 0 Å². The molecule has 0 spiro atoms. The van der Waals surface area contributed by atoms with Crippen LogP contribution < -0.4 is 4.72 Å². The number of halogens is 8. The maximum atomic E-state index is 12.5. The molecule has 0 atom stereocenters. The number of aromatic nitrogens is 4. The smallest absolute Gasteiger partial charge is 0.362 e. The van der Waals surface area contributed by atoms with Crippen molar-refractivity contribution in [1.82, 2.24) is 24.3 Å². The Morgan fingerprint density at radius 1 is 0.771 bits per heavy atom. The highest BCUT2D eigenvalue weighted by atomic mass is 127. The molecule has 2 aromatic carbocycles. The van der Waals surface area contributed by atoms with Gasteiger partial charge in [-0.2, -0.15) is 49.4 Å². The molecule has 4 aromatic rings. The van der Waals surface area contributed by atoms with E-state index in [2.05, 4.69) is 19.3 Å². The fraction of sp³-hybridized carbons (Fsp3) is 0.269. The van der Waals surface area contributed by atoms with Crippen LogP contribution in [0.4, 0.5) is 26.3 Å². The summed E-state index contributed by atoms with van der Waals surface area (Å²) >= 11 is 3.85. The Bertz CT molecular complexity index is 1930. The number of ether oxygens (including phenoxy) is 2. The van der Waals surface area contributed by atoms with Crippen LogP contribution in [0.2, 0.25) is 0 Å². The average molecular weight is 948 g/mol. The van der Waals surface area contributed by atoms with E-state index in [1.165, 1.54) is 29.8 Å². The molecule has 0 fully saturated rings. The normalized spacial score (nSPS) is 12.7. The molecule has 0 aliphatic carbocycles. The van der Waals surface area contributed by atoms with Crippen molar-refractivity contribution in [3.05, 3.63) is 90.6 Å². The highest BCUT2D eigenvalue weighted by Gasteiger charge is 2.31. The van der Waals surface area contributed by atoms with Crippen LogP contribution in [-0.2, 0) is 61.9 Å². The number of nitrogens with zero attached hydrogens (tertiary/aromatic N) is 5. The lowest BCUT2D eigenvalue weighted by molar-refractivity contribution is -0.138. The topological polar surface area (TPSA) is 147 Å². The van der Waals surface area contributed by atoms with E-state index < -0.39 is 43.5 Å². The lowest BCUT2D eigenvalue weighted by Crippen LogP contribution is -2.23. The van der Waals surface area contributed by atoms with Gasteiger partial charge in [0.25, 0.3) is 10.0 Å².